The lowest BCUT2D eigenvalue weighted by atomic mass is 10.0. The van der Waals surface area contributed by atoms with E-state index in [1.165, 1.54) is 12.1 Å². The summed E-state index contributed by atoms with van der Waals surface area (Å²) in [5.74, 6) is 1.53. The summed E-state index contributed by atoms with van der Waals surface area (Å²) in [6, 6.07) is 12.5. The molecule has 1 saturated carbocycles. The standard InChI is InChI=1S/C28H33N5O5S/c1-4-38-23-15-14-21(39(36,37)32-18(3)25(34)19-10-6-5-7-11-19)16-22(23)26-30-28(35)24-17(2)29-27(33(24)31-26)20-12-8-9-13-20/h5-7,10-11,14-16,18,20,25,32,34H,4,8-9,12-13H2,1-3H3,(H,30,31,35)/t18?,25-/m0/s1. The number of aromatic nitrogens is 4. The Labute approximate surface area is 227 Å². The van der Waals surface area contributed by atoms with Crippen LogP contribution in [0.1, 0.15) is 68.6 Å². The van der Waals surface area contributed by atoms with Gasteiger partial charge in [0, 0.05) is 12.0 Å². The molecular weight excluding hydrogens is 518 g/mol. The Kier molecular flexibility index (Phi) is 7.57. The first kappa shape index (κ1) is 27.0. The number of ether oxygens (including phenoxy) is 1. The van der Waals surface area contributed by atoms with Crippen molar-refractivity contribution >= 4 is 15.5 Å². The predicted octanol–water partition coefficient (Wildman–Crippen LogP) is 3.85. The van der Waals surface area contributed by atoms with Crippen LogP contribution in [0.15, 0.2) is 58.2 Å². The molecule has 10 nitrogen and oxygen atoms in total. The summed E-state index contributed by atoms with van der Waals surface area (Å²) in [4.78, 5) is 20.6. The molecule has 11 heteroatoms. The highest BCUT2D eigenvalue weighted by molar-refractivity contribution is 7.89. The number of benzene rings is 2. The molecule has 1 fully saturated rings. The van der Waals surface area contributed by atoms with Gasteiger partial charge in [0.05, 0.1) is 28.9 Å². The zero-order valence-corrected chi connectivity index (χ0v) is 23.0. The van der Waals surface area contributed by atoms with E-state index in [9.17, 15) is 18.3 Å². The SMILES string of the molecule is CCOc1ccc(S(=O)(=O)NC(C)[C@H](O)c2ccccc2)cc1-c1nn2c(C3CCCC3)nc(C)c2c(=O)[nH]1. The van der Waals surface area contributed by atoms with E-state index < -0.39 is 22.2 Å². The van der Waals surface area contributed by atoms with E-state index in [0.29, 0.717) is 34.7 Å². The molecule has 0 saturated heterocycles. The third kappa shape index (κ3) is 5.34. The predicted molar refractivity (Wildman–Crippen MR) is 147 cm³/mol. The van der Waals surface area contributed by atoms with Crippen molar-refractivity contribution in [3.05, 3.63) is 76.0 Å². The Morgan fingerprint density at radius 2 is 1.90 bits per heavy atom. The first-order valence-corrected chi connectivity index (χ1v) is 14.7. The van der Waals surface area contributed by atoms with Crippen LogP contribution in [-0.4, -0.2) is 45.8 Å². The number of nitrogens with one attached hydrogen (secondary N) is 2. The fraction of sp³-hybridized carbons (Fsp3) is 0.393. The van der Waals surface area contributed by atoms with Crippen molar-refractivity contribution in [1.82, 2.24) is 24.3 Å². The lowest BCUT2D eigenvalue weighted by Gasteiger charge is -2.21. The zero-order chi connectivity index (χ0) is 27.7. The van der Waals surface area contributed by atoms with Gasteiger partial charge in [-0.05, 0) is 57.4 Å². The minimum Gasteiger partial charge on any atom is -0.493 e. The molecule has 0 radical (unpaired) electrons. The summed E-state index contributed by atoms with van der Waals surface area (Å²) < 4.78 is 36.7. The van der Waals surface area contributed by atoms with Crippen LogP contribution in [0.5, 0.6) is 5.75 Å². The number of hydrogen-bond acceptors (Lipinski definition) is 7. The molecule has 2 atom stereocenters. The van der Waals surface area contributed by atoms with Crippen molar-refractivity contribution in [3.8, 4) is 17.1 Å². The Morgan fingerprint density at radius 1 is 1.18 bits per heavy atom. The Balaban J connectivity index is 1.55. The van der Waals surface area contributed by atoms with Crippen LogP contribution < -0.4 is 15.0 Å². The van der Waals surface area contributed by atoms with Crippen molar-refractivity contribution in [3.63, 3.8) is 0 Å². The second kappa shape index (κ2) is 10.9. The molecule has 1 aliphatic carbocycles. The van der Waals surface area contributed by atoms with Crippen LogP contribution in [0.2, 0.25) is 0 Å². The third-order valence-electron chi connectivity index (χ3n) is 7.19. The first-order valence-electron chi connectivity index (χ1n) is 13.2. The lowest BCUT2D eigenvalue weighted by molar-refractivity contribution is 0.146. The van der Waals surface area contributed by atoms with Gasteiger partial charge in [-0.2, -0.15) is 0 Å². The van der Waals surface area contributed by atoms with Crippen LogP contribution in [-0.2, 0) is 10.0 Å². The van der Waals surface area contributed by atoms with Gasteiger partial charge in [-0.25, -0.2) is 22.6 Å². The van der Waals surface area contributed by atoms with Gasteiger partial charge in [-0.3, -0.25) is 4.79 Å². The molecule has 3 N–H and O–H groups in total. The second-order valence-corrected chi connectivity index (χ2v) is 11.7. The molecule has 1 aliphatic rings. The molecule has 2 heterocycles. The third-order valence-corrected chi connectivity index (χ3v) is 8.75. The van der Waals surface area contributed by atoms with Crippen molar-refractivity contribution in [2.75, 3.05) is 6.61 Å². The van der Waals surface area contributed by atoms with E-state index in [2.05, 4.69) is 14.7 Å². The minimum atomic E-state index is -4.05. The smallest absolute Gasteiger partial charge is 0.277 e. The largest absolute Gasteiger partial charge is 0.493 e. The maximum absolute atomic E-state index is 13.4. The lowest BCUT2D eigenvalue weighted by Crippen LogP contribution is -2.37. The first-order chi connectivity index (χ1) is 18.7. The molecule has 0 spiro atoms. The normalized spacial score (nSPS) is 16.0. The van der Waals surface area contributed by atoms with E-state index in [0.717, 1.165) is 31.5 Å². The van der Waals surface area contributed by atoms with Crippen LogP contribution in [0.25, 0.3) is 16.9 Å². The second-order valence-electron chi connectivity index (χ2n) is 9.96. The van der Waals surface area contributed by atoms with Crippen molar-refractivity contribution < 1.29 is 18.3 Å². The number of H-pyrrole nitrogens is 1. The summed E-state index contributed by atoms with van der Waals surface area (Å²) in [6.45, 7) is 5.55. The fourth-order valence-electron chi connectivity index (χ4n) is 5.22. The number of fused-ring (bicyclic) bond motifs is 1. The van der Waals surface area contributed by atoms with Gasteiger partial charge in [0.1, 0.15) is 11.6 Å². The minimum absolute atomic E-state index is 0.0476. The van der Waals surface area contributed by atoms with Crippen LogP contribution in [0.3, 0.4) is 0 Å². The highest BCUT2D eigenvalue weighted by atomic mass is 32.2. The Bertz CT molecular complexity index is 1640. The number of aliphatic hydroxyl groups is 1. The number of sulfonamides is 1. The number of hydrogen-bond donors (Lipinski definition) is 3. The summed E-state index contributed by atoms with van der Waals surface area (Å²) in [5.41, 5.74) is 1.56. The van der Waals surface area contributed by atoms with Gasteiger partial charge < -0.3 is 14.8 Å². The van der Waals surface area contributed by atoms with E-state index in [1.807, 2.05) is 13.0 Å². The quantitative estimate of drug-likeness (QED) is 0.287. The van der Waals surface area contributed by atoms with E-state index >= 15 is 0 Å². The number of nitrogens with zero attached hydrogens (tertiary/aromatic N) is 3. The van der Waals surface area contributed by atoms with Gasteiger partial charge in [0.25, 0.3) is 5.56 Å². The zero-order valence-electron chi connectivity index (χ0n) is 22.2. The summed E-state index contributed by atoms with van der Waals surface area (Å²) in [7, 11) is -4.05. The number of aliphatic hydroxyl groups excluding tert-OH is 1. The van der Waals surface area contributed by atoms with Gasteiger partial charge >= 0.3 is 0 Å². The molecule has 206 valence electrons. The highest BCUT2D eigenvalue weighted by Gasteiger charge is 2.27. The fourth-order valence-corrected chi connectivity index (χ4v) is 6.50. The molecule has 0 bridgehead atoms. The average molecular weight is 552 g/mol. The maximum atomic E-state index is 13.4. The Morgan fingerprint density at radius 3 is 2.59 bits per heavy atom. The molecular formula is C28H33N5O5S. The molecule has 0 aliphatic heterocycles. The van der Waals surface area contributed by atoms with Gasteiger partial charge in [0.2, 0.25) is 10.0 Å². The molecule has 5 rings (SSSR count). The summed E-state index contributed by atoms with van der Waals surface area (Å²) in [6.07, 6.45) is 3.14. The number of imidazole rings is 1. The summed E-state index contributed by atoms with van der Waals surface area (Å²) in [5, 5.41) is 15.4. The Hall–Kier alpha value is -3.54. The van der Waals surface area contributed by atoms with Crippen LogP contribution in [0.4, 0.5) is 0 Å². The number of aryl methyl sites for hydroxylation is 1. The number of aromatic amines is 1. The van der Waals surface area contributed by atoms with Gasteiger partial charge in [-0.15, -0.1) is 5.10 Å². The molecule has 39 heavy (non-hydrogen) atoms. The van der Waals surface area contributed by atoms with E-state index in [4.69, 9.17) is 9.84 Å². The molecule has 1 unspecified atom stereocenters. The number of rotatable bonds is 9. The van der Waals surface area contributed by atoms with Crippen LogP contribution >= 0.6 is 0 Å². The van der Waals surface area contributed by atoms with Gasteiger partial charge in [-0.1, -0.05) is 43.2 Å². The van der Waals surface area contributed by atoms with Crippen molar-refractivity contribution in [1.29, 1.82) is 0 Å². The van der Waals surface area contributed by atoms with Gasteiger partial charge in [0.15, 0.2) is 11.3 Å². The molecule has 2 aromatic heterocycles. The molecule has 2 aromatic carbocycles. The van der Waals surface area contributed by atoms with Crippen molar-refractivity contribution in [2.45, 2.75) is 69.4 Å². The highest BCUT2D eigenvalue weighted by Crippen LogP contribution is 2.35. The van der Waals surface area contributed by atoms with E-state index in [1.54, 1.807) is 48.7 Å². The van der Waals surface area contributed by atoms with Crippen LogP contribution in [0, 0.1) is 6.92 Å². The molecule has 4 aromatic rings. The van der Waals surface area contributed by atoms with E-state index in [-0.39, 0.29) is 22.2 Å². The average Bonchev–Trinajstić information content (AvgIpc) is 3.57. The summed E-state index contributed by atoms with van der Waals surface area (Å²) >= 11 is 0. The van der Waals surface area contributed by atoms with Crippen molar-refractivity contribution in [2.24, 2.45) is 0 Å². The maximum Gasteiger partial charge on any atom is 0.277 e. The topological polar surface area (TPSA) is 139 Å². The molecule has 0 amide bonds. The monoisotopic (exact) mass is 551 g/mol.